The molecule has 1 unspecified atom stereocenters. The Hall–Kier alpha value is -1.33. The lowest BCUT2D eigenvalue weighted by atomic mass is 10.0. The van der Waals surface area contributed by atoms with E-state index in [1.165, 1.54) is 5.56 Å². The summed E-state index contributed by atoms with van der Waals surface area (Å²) < 4.78 is 8.35. The van der Waals surface area contributed by atoms with Gasteiger partial charge >= 0.3 is 0 Å². The van der Waals surface area contributed by atoms with E-state index in [0.29, 0.717) is 0 Å². The Kier molecular flexibility index (Phi) is 4.83. The quantitative estimate of drug-likeness (QED) is 0.909. The number of hydrogen-bond acceptors (Lipinski definition) is 3. The molecular formula is C15H20BrN3O. The predicted octanol–water partition coefficient (Wildman–Crippen LogP) is 3.29. The largest absolute Gasteiger partial charge is 0.496 e. The molecule has 1 atom stereocenters. The number of benzene rings is 1. The summed E-state index contributed by atoms with van der Waals surface area (Å²) in [5.41, 5.74) is 3.46. The van der Waals surface area contributed by atoms with Crippen LogP contribution in [0.1, 0.15) is 29.8 Å². The third kappa shape index (κ3) is 2.74. The van der Waals surface area contributed by atoms with Crippen LogP contribution < -0.4 is 10.1 Å². The highest BCUT2D eigenvalue weighted by Gasteiger charge is 2.20. The van der Waals surface area contributed by atoms with Gasteiger partial charge in [-0.05, 0) is 54.0 Å². The number of ether oxygens (including phenoxy) is 1. The maximum atomic E-state index is 5.33. The molecule has 0 spiro atoms. The molecule has 0 aliphatic carbocycles. The van der Waals surface area contributed by atoms with Gasteiger partial charge in [0.2, 0.25) is 0 Å². The Morgan fingerprint density at radius 3 is 2.75 bits per heavy atom. The zero-order valence-corrected chi connectivity index (χ0v) is 13.9. The zero-order valence-electron chi connectivity index (χ0n) is 12.3. The van der Waals surface area contributed by atoms with Gasteiger partial charge in [0.15, 0.2) is 0 Å². The van der Waals surface area contributed by atoms with Crippen molar-refractivity contribution >= 4 is 15.9 Å². The summed E-state index contributed by atoms with van der Waals surface area (Å²) in [6, 6.07) is 6.35. The van der Waals surface area contributed by atoms with Gasteiger partial charge in [-0.1, -0.05) is 12.1 Å². The molecule has 1 heterocycles. The molecule has 5 heteroatoms. The average Bonchev–Trinajstić information content (AvgIpc) is 2.81. The molecule has 0 aliphatic rings. The van der Waals surface area contributed by atoms with Gasteiger partial charge in [-0.2, -0.15) is 5.10 Å². The van der Waals surface area contributed by atoms with E-state index in [1.807, 2.05) is 24.0 Å². The van der Waals surface area contributed by atoms with E-state index in [4.69, 9.17) is 4.74 Å². The number of aromatic nitrogens is 2. The first-order valence-corrected chi connectivity index (χ1v) is 7.44. The molecule has 0 saturated carbocycles. The first-order valence-electron chi connectivity index (χ1n) is 6.65. The molecule has 0 saturated heterocycles. The summed E-state index contributed by atoms with van der Waals surface area (Å²) in [6.07, 6.45) is 1.85. The zero-order chi connectivity index (χ0) is 14.7. The summed E-state index contributed by atoms with van der Waals surface area (Å²) in [5.74, 6) is 0.909. The topological polar surface area (TPSA) is 39.1 Å². The highest BCUT2D eigenvalue weighted by molar-refractivity contribution is 9.10. The average molecular weight is 338 g/mol. The van der Waals surface area contributed by atoms with Crippen LogP contribution in [0, 0.1) is 6.92 Å². The molecule has 1 aromatic carbocycles. The van der Waals surface area contributed by atoms with E-state index in [2.05, 4.69) is 52.3 Å². The number of nitrogens with one attached hydrogen (secondary N) is 1. The van der Waals surface area contributed by atoms with Gasteiger partial charge in [0, 0.05) is 6.54 Å². The SMILES string of the molecule is CCn1ncc(Br)c1C(NC)c1ccc(OC)c(C)c1. The molecular weight excluding hydrogens is 318 g/mol. The summed E-state index contributed by atoms with van der Waals surface area (Å²) >= 11 is 3.60. The fourth-order valence-corrected chi connectivity index (χ4v) is 2.98. The first-order chi connectivity index (χ1) is 9.62. The van der Waals surface area contributed by atoms with Gasteiger partial charge in [-0.15, -0.1) is 0 Å². The van der Waals surface area contributed by atoms with Crippen LogP contribution in [0.5, 0.6) is 5.75 Å². The number of rotatable bonds is 5. The van der Waals surface area contributed by atoms with Crippen molar-refractivity contribution in [3.63, 3.8) is 0 Å². The number of hydrogen-bond donors (Lipinski definition) is 1. The van der Waals surface area contributed by atoms with Crippen LogP contribution in [0.3, 0.4) is 0 Å². The third-order valence-electron chi connectivity index (χ3n) is 3.45. The lowest BCUT2D eigenvalue weighted by Gasteiger charge is -2.20. The van der Waals surface area contributed by atoms with Gasteiger partial charge in [0.05, 0.1) is 29.5 Å². The fourth-order valence-electron chi connectivity index (χ4n) is 2.45. The van der Waals surface area contributed by atoms with E-state index in [9.17, 15) is 0 Å². The maximum Gasteiger partial charge on any atom is 0.121 e. The highest BCUT2D eigenvalue weighted by Crippen LogP contribution is 2.30. The van der Waals surface area contributed by atoms with Crippen LogP contribution in [0.25, 0.3) is 0 Å². The standard InChI is InChI=1S/C15H20BrN3O/c1-5-19-15(12(16)9-18-19)14(17-3)11-6-7-13(20-4)10(2)8-11/h6-9,14,17H,5H2,1-4H3. The van der Waals surface area contributed by atoms with Gasteiger partial charge in [0.25, 0.3) is 0 Å². The number of methoxy groups -OCH3 is 1. The Morgan fingerprint density at radius 1 is 1.45 bits per heavy atom. The van der Waals surface area contributed by atoms with Crippen molar-refractivity contribution in [2.24, 2.45) is 0 Å². The Bertz CT molecular complexity index is 595. The summed E-state index contributed by atoms with van der Waals surface area (Å²) in [5, 5.41) is 7.76. The number of nitrogens with zero attached hydrogens (tertiary/aromatic N) is 2. The number of aryl methyl sites for hydroxylation is 2. The van der Waals surface area contributed by atoms with Crippen molar-refractivity contribution in [2.75, 3.05) is 14.2 Å². The van der Waals surface area contributed by atoms with Crippen molar-refractivity contribution in [1.29, 1.82) is 0 Å². The summed E-state index contributed by atoms with van der Waals surface area (Å²) in [4.78, 5) is 0. The molecule has 0 bridgehead atoms. The smallest absolute Gasteiger partial charge is 0.121 e. The lowest BCUT2D eigenvalue weighted by Crippen LogP contribution is -2.22. The Labute approximate surface area is 128 Å². The van der Waals surface area contributed by atoms with Crippen LogP contribution in [-0.4, -0.2) is 23.9 Å². The minimum atomic E-state index is 0.0939. The van der Waals surface area contributed by atoms with Crippen LogP contribution in [0.2, 0.25) is 0 Å². The van der Waals surface area contributed by atoms with Crippen molar-refractivity contribution < 1.29 is 4.74 Å². The van der Waals surface area contributed by atoms with Gasteiger partial charge in [0.1, 0.15) is 5.75 Å². The fraction of sp³-hybridized carbons (Fsp3) is 0.400. The van der Waals surface area contributed by atoms with Crippen LogP contribution >= 0.6 is 15.9 Å². The number of halogens is 1. The maximum absolute atomic E-state index is 5.33. The lowest BCUT2D eigenvalue weighted by molar-refractivity contribution is 0.411. The predicted molar refractivity (Wildman–Crippen MR) is 84.2 cm³/mol. The van der Waals surface area contributed by atoms with Crippen molar-refractivity contribution in [3.8, 4) is 5.75 Å². The van der Waals surface area contributed by atoms with E-state index in [-0.39, 0.29) is 6.04 Å². The van der Waals surface area contributed by atoms with Gasteiger partial charge in [-0.25, -0.2) is 0 Å². The van der Waals surface area contributed by atoms with Crippen molar-refractivity contribution in [3.05, 3.63) is 45.7 Å². The first kappa shape index (κ1) is 15.1. The molecule has 1 N–H and O–H groups in total. The second-order valence-corrected chi connectivity index (χ2v) is 5.50. The van der Waals surface area contributed by atoms with Crippen molar-refractivity contribution in [2.45, 2.75) is 26.4 Å². The van der Waals surface area contributed by atoms with E-state index in [0.717, 1.165) is 28.0 Å². The molecule has 2 rings (SSSR count). The minimum absolute atomic E-state index is 0.0939. The van der Waals surface area contributed by atoms with Crippen LogP contribution in [-0.2, 0) is 6.54 Å². The molecule has 2 aromatic rings. The van der Waals surface area contributed by atoms with Crippen LogP contribution in [0.4, 0.5) is 0 Å². The monoisotopic (exact) mass is 337 g/mol. The van der Waals surface area contributed by atoms with Crippen molar-refractivity contribution in [1.82, 2.24) is 15.1 Å². The molecule has 4 nitrogen and oxygen atoms in total. The van der Waals surface area contributed by atoms with Gasteiger partial charge < -0.3 is 10.1 Å². The van der Waals surface area contributed by atoms with E-state index in [1.54, 1.807) is 7.11 Å². The molecule has 108 valence electrons. The molecule has 1 aromatic heterocycles. The minimum Gasteiger partial charge on any atom is -0.496 e. The highest BCUT2D eigenvalue weighted by atomic mass is 79.9. The van der Waals surface area contributed by atoms with Gasteiger partial charge in [-0.3, -0.25) is 4.68 Å². The summed E-state index contributed by atoms with van der Waals surface area (Å²) in [6.45, 7) is 4.99. The molecule has 0 aliphatic heterocycles. The Balaban J connectivity index is 2.47. The van der Waals surface area contributed by atoms with E-state index < -0.39 is 0 Å². The van der Waals surface area contributed by atoms with Crippen LogP contribution in [0.15, 0.2) is 28.9 Å². The molecule has 20 heavy (non-hydrogen) atoms. The Morgan fingerprint density at radius 2 is 2.20 bits per heavy atom. The molecule has 0 amide bonds. The molecule has 0 radical (unpaired) electrons. The second kappa shape index (κ2) is 6.41. The third-order valence-corrected chi connectivity index (χ3v) is 4.06. The second-order valence-electron chi connectivity index (χ2n) is 4.64. The molecule has 0 fully saturated rings. The normalized spacial score (nSPS) is 12.4. The van der Waals surface area contributed by atoms with E-state index >= 15 is 0 Å². The summed E-state index contributed by atoms with van der Waals surface area (Å²) in [7, 11) is 3.66.